The monoisotopic (exact) mass is 232 g/mol. The molecule has 1 aromatic rings. The van der Waals surface area contributed by atoms with Crippen LogP contribution >= 0.6 is 0 Å². The molecule has 1 saturated carbocycles. The summed E-state index contributed by atoms with van der Waals surface area (Å²) in [7, 11) is 0. The Morgan fingerprint density at radius 1 is 1.35 bits per heavy atom. The van der Waals surface area contributed by atoms with Gasteiger partial charge in [-0.05, 0) is 24.8 Å². The van der Waals surface area contributed by atoms with Gasteiger partial charge >= 0.3 is 6.03 Å². The highest BCUT2D eigenvalue weighted by Gasteiger charge is 2.26. The number of carbonyl (C=O) groups is 1. The lowest BCUT2D eigenvalue weighted by atomic mass is 10.2. The van der Waals surface area contributed by atoms with Gasteiger partial charge in [0.25, 0.3) is 0 Å². The van der Waals surface area contributed by atoms with E-state index in [4.69, 9.17) is 0 Å². The molecule has 0 radical (unpaired) electrons. The molecular weight excluding hydrogens is 216 g/mol. The maximum Gasteiger partial charge on any atom is 0.317 e. The second-order valence-electron chi connectivity index (χ2n) is 4.69. The first-order valence-electron chi connectivity index (χ1n) is 6.16. The van der Waals surface area contributed by atoms with Crippen molar-refractivity contribution in [1.82, 2.24) is 20.2 Å². The Morgan fingerprint density at radius 3 is 2.71 bits per heavy atom. The van der Waals surface area contributed by atoms with Crippen molar-refractivity contribution in [2.24, 2.45) is 0 Å². The van der Waals surface area contributed by atoms with Gasteiger partial charge in [0.2, 0.25) is 0 Å². The van der Waals surface area contributed by atoms with Crippen molar-refractivity contribution >= 4 is 6.03 Å². The van der Waals surface area contributed by atoms with Crippen molar-refractivity contribution in [2.75, 3.05) is 19.6 Å². The maximum atomic E-state index is 11.3. The van der Waals surface area contributed by atoms with E-state index in [0.717, 1.165) is 37.4 Å². The van der Waals surface area contributed by atoms with Crippen LogP contribution in [0.2, 0.25) is 0 Å². The molecule has 0 unspecified atom stereocenters. The first-order chi connectivity index (χ1) is 8.33. The lowest BCUT2D eigenvalue weighted by Crippen LogP contribution is -2.30. The summed E-state index contributed by atoms with van der Waals surface area (Å²) in [5.74, 6) is 1.58. The van der Waals surface area contributed by atoms with Gasteiger partial charge in [-0.3, -0.25) is 0 Å². The van der Waals surface area contributed by atoms with Gasteiger partial charge < -0.3 is 10.2 Å². The van der Waals surface area contributed by atoms with Gasteiger partial charge in [0, 0.05) is 37.9 Å². The van der Waals surface area contributed by atoms with E-state index in [1.54, 1.807) is 0 Å². The summed E-state index contributed by atoms with van der Waals surface area (Å²) >= 11 is 0. The number of urea groups is 1. The molecule has 2 aliphatic rings. The van der Waals surface area contributed by atoms with E-state index in [-0.39, 0.29) is 6.03 Å². The number of nitrogens with zero attached hydrogens (tertiary/aromatic N) is 3. The van der Waals surface area contributed by atoms with Gasteiger partial charge in [0.1, 0.15) is 5.82 Å². The normalized spacial score (nSPS) is 19.5. The highest BCUT2D eigenvalue weighted by Crippen LogP contribution is 2.37. The Kier molecular flexibility index (Phi) is 2.66. The Labute approximate surface area is 100 Å². The van der Waals surface area contributed by atoms with Crippen LogP contribution in [0.5, 0.6) is 0 Å². The Morgan fingerprint density at radius 2 is 2.12 bits per heavy atom. The smallest absolute Gasteiger partial charge is 0.317 e. The molecule has 1 aliphatic carbocycles. The van der Waals surface area contributed by atoms with Crippen molar-refractivity contribution in [1.29, 1.82) is 0 Å². The predicted molar refractivity (Wildman–Crippen MR) is 62.7 cm³/mol. The summed E-state index contributed by atoms with van der Waals surface area (Å²) in [6.07, 6.45) is 7.09. The maximum absolute atomic E-state index is 11.3. The first-order valence-corrected chi connectivity index (χ1v) is 6.16. The van der Waals surface area contributed by atoms with Gasteiger partial charge in [-0.1, -0.05) is 0 Å². The van der Waals surface area contributed by atoms with E-state index in [1.807, 2.05) is 17.3 Å². The number of nitrogens with one attached hydrogen (secondary N) is 1. The standard InChI is InChI=1S/C12H16N4O/c17-12-13-4-6-16(12)5-3-9-7-14-11(15-8-9)10-1-2-10/h7-8,10H,1-6H2,(H,13,17). The highest BCUT2D eigenvalue weighted by atomic mass is 16.2. The molecule has 90 valence electrons. The van der Waals surface area contributed by atoms with Crippen LogP contribution in [-0.4, -0.2) is 40.5 Å². The summed E-state index contributed by atoms with van der Waals surface area (Å²) < 4.78 is 0. The lowest BCUT2D eigenvalue weighted by molar-refractivity contribution is 0.218. The molecule has 1 aliphatic heterocycles. The fraction of sp³-hybridized carbons (Fsp3) is 0.583. The van der Waals surface area contributed by atoms with Gasteiger partial charge in [0.15, 0.2) is 0 Å². The number of hydrogen-bond acceptors (Lipinski definition) is 3. The molecule has 3 rings (SSSR count). The lowest BCUT2D eigenvalue weighted by Gasteiger charge is -2.13. The summed E-state index contributed by atoms with van der Waals surface area (Å²) in [5.41, 5.74) is 1.11. The van der Waals surface area contributed by atoms with E-state index < -0.39 is 0 Å². The van der Waals surface area contributed by atoms with E-state index in [9.17, 15) is 4.79 Å². The summed E-state index contributed by atoms with van der Waals surface area (Å²) in [6, 6.07) is 0.0421. The molecule has 2 amide bonds. The summed E-state index contributed by atoms with van der Waals surface area (Å²) in [5, 5.41) is 2.79. The molecule has 0 bridgehead atoms. The first kappa shape index (κ1) is 10.5. The molecule has 0 aromatic carbocycles. The number of carbonyl (C=O) groups excluding carboxylic acids is 1. The molecule has 1 N–H and O–H groups in total. The molecule has 1 saturated heterocycles. The minimum atomic E-state index is 0.0421. The van der Waals surface area contributed by atoms with Crippen LogP contribution in [0.1, 0.15) is 30.1 Å². The average Bonchev–Trinajstić information content (AvgIpc) is 3.12. The molecule has 5 heteroatoms. The molecule has 0 spiro atoms. The van der Waals surface area contributed by atoms with Crippen LogP contribution in [0.25, 0.3) is 0 Å². The van der Waals surface area contributed by atoms with Crippen molar-refractivity contribution in [3.8, 4) is 0 Å². The molecule has 0 atom stereocenters. The third-order valence-corrected chi connectivity index (χ3v) is 3.28. The third-order valence-electron chi connectivity index (χ3n) is 3.28. The van der Waals surface area contributed by atoms with Gasteiger partial charge in [-0.25, -0.2) is 14.8 Å². The SMILES string of the molecule is O=C1NCCN1CCc1cnc(C2CC2)nc1. The Balaban J connectivity index is 1.55. The quantitative estimate of drug-likeness (QED) is 0.840. The minimum Gasteiger partial charge on any atom is -0.336 e. The fourth-order valence-electron chi connectivity index (χ4n) is 2.03. The molecule has 2 heterocycles. The Bertz CT molecular complexity index is 413. The van der Waals surface area contributed by atoms with Crippen LogP contribution in [-0.2, 0) is 6.42 Å². The van der Waals surface area contributed by atoms with E-state index in [1.165, 1.54) is 12.8 Å². The zero-order valence-electron chi connectivity index (χ0n) is 9.72. The van der Waals surface area contributed by atoms with Crippen LogP contribution in [0.15, 0.2) is 12.4 Å². The Hall–Kier alpha value is -1.65. The van der Waals surface area contributed by atoms with E-state index >= 15 is 0 Å². The van der Waals surface area contributed by atoms with Crippen LogP contribution in [0, 0.1) is 0 Å². The number of rotatable bonds is 4. The predicted octanol–water partition coefficient (Wildman–Crippen LogP) is 0.922. The fourth-order valence-corrected chi connectivity index (χ4v) is 2.03. The molecule has 5 nitrogen and oxygen atoms in total. The van der Waals surface area contributed by atoms with Crippen LogP contribution in [0.3, 0.4) is 0 Å². The van der Waals surface area contributed by atoms with Crippen molar-refractivity contribution in [3.05, 3.63) is 23.8 Å². The third kappa shape index (κ3) is 2.38. The van der Waals surface area contributed by atoms with Gasteiger partial charge in [-0.15, -0.1) is 0 Å². The largest absolute Gasteiger partial charge is 0.336 e. The van der Waals surface area contributed by atoms with Crippen LogP contribution < -0.4 is 5.32 Å². The van der Waals surface area contributed by atoms with E-state index in [0.29, 0.717) is 5.92 Å². The minimum absolute atomic E-state index is 0.0421. The summed E-state index contributed by atoms with van der Waals surface area (Å²) in [4.78, 5) is 21.9. The van der Waals surface area contributed by atoms with Crippen LogP contribution in [0.4, 0.5) is 4.79 Å². The zero-order chi connectivity index (χ0) is 11.7. The molecule has 1 aromatic heterocycles. The second kappa shape index (κ2) is 4.31. The second-order valence-corrected chi connectivity index (χ2v) is 4.69. The van der Waals surface area contributed by atoms with Gasteiger partial charge in [-0.2, -0.15) is 0 Å². The number of amides is 2. The number of hydrogen-bond donors (Lipinski definition) is 1. The van der Waals surface area contributed by atoms with Crippen molar-refractivity contribution < 1.29 is 4.79 Å². The highest BCUT2D eigenvalue weighted by molar-refractivity contribution is 5.76. The molecule has 2 fully saturated rings. The van der Waals surface area contributed by atoms with Crippen molar-refractivity contribution in [2.45, 2.75) is 25.2 Å². The topological polar surface area (TPSA) is 58.1 Å². The van der Waals surface area contributed by atoms with Crippen molar-refractivity contribution in [3.63, 3.8) is 0 Å². The average molecular weight is 232 g/mol. The molecule has 17 heavy (non-hydrogen) atoms. The zero-order valence-corrected chi connectivity index (χ0v) is 9.72. The number of aromatic nitrogens is 2. The van der Waals surface area contributed by atoms with E-state index in [2.05, 4.69) is 15.3 Å². The van der Waals surface area contributed by atoms with Gasteiger partial charge in [0.05, 0.1) is 0 Å². The summed E-state index contributed by atoms with van der Waals surface area (Å²) in [6.45, 7) is 2.31. The molecular formula is C12H16N4O.